The number of anilines is 1. The minimum absolute atomic E-state index is 0.138. The predicted octanol–water partition coefficient (Wildman–Crippen LogP) is 4.00. The lowest BCUT2D eigenvalue weighted by atomic mass is 10.0. The van der Waals surface area contributed by atoms with Crippen LogP contribution in [0.1, 0.15) is 10.4 Å². The molecule has 0 bridgehead atoms. The Labute approximate surface area is 123 Å². The first-order chi connectivity index (χ1) is 10.3. The highest BCUT2D eigenvalue weighted by molar-refractivity contribution is 6.04. The molecule has 0 atom stereocenters. The number of pyridine rings is 1. The molecule has 1 heterocycles. The van der Waals surface area contributed by atoms with Gasteiger partial charge in [0.25, 0.3) is 5.91 Å². The van der Waals surface area contributed by atoms with Gasteiger partial charge in [0.15, 0.2) is 0 Å². The van der Waals surface area contributed by atoms with Crippen molar-refractivity contribution in [3.8, 4) is 11.1 Å². The average Bonchev–Trinajstić information content (AvgIpc) is 2.57. The second-order valence-electron chi connectivity index (χ2n) is 4.64. The molecular weight excluding hydrogens is 260 g/mol. The number of carbonyl (C=O) groups is 1. The number of aromatic nitrogens is 1. The van der Waals surface area contributed by atoms with E-state index in [-0.39, 0.29) is 5.91 Å². The molecule has 3 heteroatoms. The van der Waals surface area contributed by atoms with E-state index in [4.69, 9.17) is 0 Å². The third-order valence-electron chi connectivity index (χ3n) is 3.15. The van der Waals surface area contributed by atoms with Crippen molar-refractivity contribution in [3.63, 3.8) is 0 Å². The van der Waals surface area contributed by atoms with E-state index in [0.29, 0.717) is 11.3 Å². The van der Waals surface area contributed by atoms with Gasteiger partial charge in [-0.25, -0.2) is 0 Å². The molecule has 0 aliphatic heterocycles. The number of hydrogen-bond acceptors (Lipinski definition) is 2. The summed E-state index contributed by atoms with van der Waals surface area (Å²) in [6.07, 6.45) is 3.30. The Morgan fingerprint density at radius 1 is 0.857 bits per heavy atom. The molecule has 1 aromatic heterocycles. The van der Waals surface area contributed by atoms with E-state index < -0.39 is 0 Å². The van der Waals surface area contributed by atoms with Crippen LogP contribution in [-0.2, 0) is 0 Å². The molecule has 2 aromatic carbocycles. The lowest BCUT2D eigenvalue weighted by Crippen LogP contribution is -2.11. The molecule has 0 fully saturated rings. The fraction of sp³-hybridized carbons (Fsp3) is 0. The normalized spacial score (nSPS) is 10.1. The molecule has 3 aromatic rings. The van der Waals surface area contributed by atoms with E-state index in [2.05, 4.69) is 10.3 Å². The number of hydrogen-bond donors (Lipinski definition) is 1. The van der Waals surface area contributed by atoms with Crippen molar-refractivity contribution in [1.82, 2.24) is 4.98 Å². The number of carbonyl (C=O) groups excluding carboxylic acids is 1. The van der Waals surface area contributed by atoms with Crippen LogP contribution in [0, 0.1) is 0 Å². The van der Waals surface area contributed by atoms with Gasteiger partial charge < -0.3 is 5.32 Å². The van der Waals surface area contributed by atoms with Gasteiger partial charge in [-0.2, -0.15) is 0 Å². The minimum Gasteiger partial charge on any atom is -0.321 e. The number of benzene rings is 2. The van der Waals surface area contributed by atoms with Gasteiger partial charge in [-0.05, 0) is 35.4 Å². The molecule has 0 unspecified atom stereocenters. The van der Waals surface area contributed by atoms with E-state index >= 15 is 0 Å². The van der Waals surface area contributed by atoms with Gasteiger partial charge in [0.05, 0.1) is 11.9 Å². The Morgan fingerprint density at radius 3 is 2.43 bits per heavy atom. The maximum atomic E-state index is 12.3. The summed E-state index contributed by atoms with van der Waals surface area (Å²) in [5, 5.41) is 2.84. The zero-order valence-electron chi connectivity index (χ0n) is 11.4. The molecule has 0 saturated heterocycles. The molecule has 102 valence electrons. The van der Waals surface area contributed by atoms with Crippen molar-refractivity contribution in [2.24, 2.45) is 0 Å². The first-order valence-electron chi connectivity index (χ1n) is 6.70. The minimum atomic E-state index is -0.138. The topological polar surface area (TPSA) is 42.0 Å². The highest BCUT2D eigenvalue weighted by atomic mass is 16.1. The molecule has 21 heavy (non-hydrogen) atoms. The molecule has 1 amide bonds. The van der Waals surface area contributed by atoms with Gasteiger partial charge in [-0.1, -0.05) is 42.5 Å². The lowest BCUT2D eigenvalue weighted by Gasteiger charge is -2.07. The van der Waals surface area contributed by atoms with E-state index in [9.17, 15) is 4.79 Å². The van der Waals surface area contributed by atoms with Crippen molar-refractivity contribution in [3.05, 3.63) is 84.7 Å². The van der Waals surface area contributed by atoms with Crippen molar-refractivity contribution in [1.29, 1.82) is 0 Å². The zero-order chi connectivity index (χ0) is 14.5. The number of rotatable bonds is 3. The monoisotopic (exact) mass is 274 g/mol. The maximum absolute atomic E-state index is 12.3. The van der Waals surface area contributed by atoms with Gasteiger partial charge >= 0.3 is 0 Å². The summed E-state index contributed by atoms with van der Waals surface area (Å²) in [6.45, 7) is 0. The summed E-state index contributed by atoms with van der Waals surface area (Å²) < 4.78 is 0. The molecule has 1 N–H and O–H groups in total. The lowest BCUT2D eigenvalue weighted by molar-refractivity contribution is 0.102. The molecular formula is C18H14N2O. The van der Waals surface area contributed by atoms with Crippen LogP contribution in [0.2, 0.25) is 0 Å². The highest BCUT2D eigenvalue weighted by Gasteiger charge is 2.07. The standard InChI is InChI=1S/C18H14N2O/c21-18(20-17-10-5-11-19-13-17)16-9-4-8-15(12-16)14-6-2-1-3-7-14/h1-13H,(H,20,21). The quantitative estimate of drug-likeness (QED) is 0.784. The van der Waals surface area contributed by atoms with Crippen LogP contribution in [-0.4, -0.2) is 10.9 Å². The molecule has 0 radical (unpaired) electrons. The van der Waals surface area contributed by atoms with E-state index in [0.717, 1.165) is 11.1 Å². The smallest absolute Gasteiger partial charge is 0.255 e. The summed E-state index contributed by atoms with van der Waals surface area (Å²) in [5.41, 5.74) is 3.43. The van der Waals surface area contributed by atoms with Gasteiger partial charge in [0.2, 0.25) is 0 Å². The summed E-state index contributed by atoms with van der Waals surface area (Å²) in [5.74, 6) is -0.138. The van der Waals surface area contributed by atoms with Crippen molar-refractivity contribution in [2.45, 2.75) is 0 Å². The van der Waals surface area contributed by atoms with Crippen LogP contribution in [0.4, 0.5) is 5.69 Å². The van der Waals surface area contributed by atoms with E-state index in [1.165, 1.54) is 0 Å². The van der Waals surface area contributed by atoms with Crippen LogP contribution in [0.5, 0.6) is 0 Å². The Kier molecular flexibility index (Phi) is 3.74. The number of nitrogens with one attached hydrogen (secondary N) is 1. The third kappa shape index (κ3) is 3.15. The molecule has 0 aliphatic rings. The number of amides is 1. The van der Waals surface area contributed by atoms with E-state index in [1.54, 1.807) is 24.5 Å². The zero-order valence-corrected chi connectivity index (χ0v) is 11.4. The first-order valence-corrected chi connectivity index (χ1v) is 6.70. The molecule has 0 aliphatic carbocycles. The average molecular weight is 274 g/mol. The number of nitrogens with zero attached hydrogens (tertiary/aromatic N) is 1. The van der Waals surface area contributed by atoms with Gasteiger partial charge in [-0.15, -0.1) is 0 Å². The summed E-state index contributed by atoms with van der Waals surface area (Å²) in [7, 11) is 0. The summed E-state index contributed by atoms with van der Waals surface area (Å²) in [6, 6.07) is 21.2. The van der Waals surface area contributed by atoms with Gasteiger partial charge in [-0.3, -0.25) is 9.78 Å². The predicted molar refractivity (Wildman–Crippen MR) is 84.1 cm³/mol. The van der Waals surface area contributed by atoms with Crippen LogP contribution in [0.15, 0.2) is 79.1 Å². The Morgan fingerprint density at radius 2 is 1.67 bits per heavy atom. The van der Waals surface area contributed by atoms with Gasteiger partial charge in [0, 0.05) is 11.8 Å². The Hall–Kier alpha value is -2.94. The molecule has 3 rings (SSSR count). The SMILES string of the molecule is O=C(Nc1cccnc1)c1cccc(-c2ccccc2)c1. The molecule has 3 nitrogen and oxygen atoms in total. The molecule has 0 saturated carbocycles. The fourth-order valence-corrected chi connectivity index (χ4v) is 2.11. The first kappa shape index (κ1) is 13.1. The fourth-order valence-electron chi connectivity index (χ4n) is 2.11. The van der Waals surface area contributed by atoms with Crippen LogP contribution in [0.3, 0.4) is 0 Å². The second kappa shape index (κ2) is 6.01. The van der Waals surface area contributed by atoms with Crippen molar-refractivity contribution in [2.75, 3.05) is 5.32 Å². The Bertz CT molecular complexity index is 739. The Balaban J connectivity index is 1.85. The van der Waals surface area contributed by atoms with Crippen LogP contribution >= 0.6 is 0 Å². The largest absolute Gasteiger partial charge is 0.321 e. The van der Waals surface area contributed by atoms with Crippen molar-refractivity contribution >= 4 is 11.6 Å². The summed E-state index contributed by atoms with van der Waals surface area (Å²) in [4.78, 5) is 16.2. The van der Waals surface area contributed by atoms with E-state index in [1.807, 2.05) is 54.6 Å². The second-order valence-corrected chi connectivity index (χ2v) is 4.64. The van der Waals surface area contributed by atoms with Crippen LogP contribution < -0.4 is 5.32 Å². The molecule has 0 spiro atoms. The summed E-state index contributed by atoms with van der Waals surface area (Å²) >= 11 is 0. The van der Waals surface area contributed by atoms with Gasteiger partial charge in [0.1, 0.15) is 0 Å². The third-order valence-corrected chi connectivity index (χ3v) is 3.15. The van der Waals surface area contributed by atoms with Crippen molar-refractivity contribution < 1.29 is 4.79 Å². The van der Waals surface area contributed by atoms with Crippen LogP contribution in [0.25, 0.3) is 11.1 Å². The maximum Gasteiger partial charge on any atom is 0.255 e. The highest BCUT2D eigenvalue weighted by Crippen LogP contribution is 2.20.